The lowest BCUT2D eigenvalue weighted by Crippen LogP contribution is -2.26. The van der Waals surface area contributed by atoms with Gasteiger partial charge in [-0.25, -0.2) is 9.97 Å². The zero-order chi connectivity index (χ0) is 14.4. The van der Waals surface area contributed by atoms with E-state index in [1.807, 2.05) is 18.6 Å². The third-order valence-electron chi connectivity index (χ3n) is 3.38. The number of nitrogens with one attached hydrogen (secondary N) is 1. The molecule has 0 amide bonds. The Morgan fingerprint density at radius 2 is 2.10 bits per heavy atom. The predicted molar refractivity (Wildman–Crippen MR) is 84.6 cm³/mol. The molecule has 0 spiro atoms. The monoisotopic (exact) mass is 275 g/mol. The minimum absolute atomic E-state index is 0.919. The molecule has 2 aromatic heterocycles. The van der Waals surface area contributed by atoms with E-state index in [1.54, 1.807) is 0 Å². The summed E-state index contributed by atoms with van der Waals surface area (Å²) in [5.41, 5.74) is 0.935. The van der Waals surface area contributed by atoms with Crippen molar-refractivity contribution in [3.8, 4) is 0 Å². The van der Waals surface area contributed by atoms with Crippen LogP contribution < -0.4 is 10.2 Å². The van der Waals surface area contributed by atoms with Gasteiger partial charge in [-0.1, -0.05) is 20.3 Å². The summed E-state index contributed by atoms with van der Waals surface area (Å²) in [7, 11) is 0. The molecule has 20 heavy (non-hydrogen) atoms. The van der Waals surface area contributed by atoms with Crippen molar-refractivity contribution < 1.29 is 0 Å². The molecule has 0 aromatic carbocycles. The highest BCUT2D eigenvalue weighted by Crippen LogP contribution is 2.21. The third kappa shape index (κ3) is 3.21. The largest absolute Gasteiger partial charge is 0.369 e. The Hall–Kier alpha value is -1.78. The SMILES string of the molecule is CCCCN(CC)c1nc(NCCC)cn2ccnc12. The summed E-state index contributed by atoms with van der Waals surface area (Å²) < 4.78 is 2.05. The van der Waals surface area contributed by atoms with Gasteiger partial charge in [0.1, 0.15) is 5.82 Å². The standard InChI is InChI=1S/C15H25N5/c1-4-7-10-19(6-3)15-14-17-9-11-20(14)12-13(18-15)16-8-5-2/h9,11-12,16H,4-8,10H2,1-3H3. The highest BCUT2D eigenvalue weighted by molar-refractivity contribution is 5.66. The van der Waals surface area contributed by atoms with Crippen molar-refractivity contribution in [3.05, 3.63) is 18.6 Å². The molecule has 2 aromatic rings. The van der Waals surface area contributed by atoms with Crippen LogP contribution in [0, 0.1) is 0 Å². The van der Waals surface area contributed by atoms with Crippen LogP contribution in [-0.2, 0) is 0 Å². The minimum atomic E-state index is 0.919. The molecule has 5 nitrogen and oxygen atoms in total. The van der Waals surface area contributed by atoms with E-state index in [-0.39, 0.29) is 0 Å². The maximum Gasteiger partial charge on any atom is 0.180 e. The van der Waals surface area contributed by atoms with Crippen LogP contribution in [0.2, 0.25) is 0 Å². The minimum Gasteiger partial charge on any atom is -0.369 e. The van der Waals surface area contributed by atoms with Crippen LogP contribution in [-0.4, -0.2) is 34.0 Å². The van der Waals surface area contributed by atoms with Crippen molar-refractivity contribution in [2.24, 2.45) is 0 Å². The second kappa shape index (κ2) is 7.12. The van der Waals surface area contributed by atoms with E-state index >= 15 is 0 Å². The highest BCUT2D eigenvalue weighted by atomic mass is 15.2. The summed E-state index contributed by atoms with van der Waals surface area (Å²) in [5, 5.41) is 3.37. The zero-order valence-corrected chi connectivity index (χ0v) is 12.8. The molecule has 0 bridgehead atoms. The van der Waals surface area contributed by atoms with Crippen molar-refractivity contribution in [2.45, 2.75) is 40.0 Å². The first-order valence-corrected chi connectivity index (χ1v) is 7.62. The fourth-order valence-electron chi connectivity index (χ4n) is 2.23. The normalized spacial score (nSPS) is 10.9. The lowest BCUT2D eigenvalue weighted by molar-refractivity contribution is 0.724. The van der Waals surface area contributed by atoms with Crippen LogP contribution >= 0.6 is 0 Å². The molecule has 0 saturated carbocycles. The Morgan fingerprint density at radius 3 is 2.80 bits per heavy atom. The fourth-order valence-corrected chi connectivity index (χ4v) is 2.23. The van der Waals surface area contributed by atoms with E-state index in [4.69, 9.17) is 4.98 Å². The molecule has 2 rings (SSSR count). The first-order chi connectivity index (χ1) is 9.80. The topological polar surface area (TPSA) is 45.5 Å². The maximum absolute atomic E-state index is 4.77. The zero-order valence-electron chi connectivity index (χ0n) is 12.8. The molecule has 0 atom stereocenters. The Labute approximate surface area is 121 Å². The van der Waals surface area contributed by atoms with E-state index < -0.39 is 0 Å². The second-order valence-corrected chi connectivity index (χ2v) is 4.97. The number of nitrogens with zero attached hydrogens (tertiary/aromatic N) is 4. The molecule has 0 aliphatic heterocycles. The highest BCUT2D eigenvalue weighted by Gasteiger charge is 2.13. The van der Waals surface area contributed by atoms with Gasteiger partial charge in [0.25, 0.3) is 0 Å². The number of hydrogen-bond donors (Lipinski definition) is 1. The first-order valence-electron chi connectivity index (χ1n) is 7.62. The van der Waals surface area contributed by atoms with E-state index in [2.05, 4.69) is 40.4 Å². The molecule has 0 saturated heterocycles. The Kier molecular flexibility index (Phi) is 5.21. The maximum atomic E-state index is 4.77. The summed E-state index contributed by atoms with van der Waals surface area (Å²) in [6.45, 7) is 9.46. The summed E-state index contributed by atoms with van der Waals surface area (Å²) in [5.74, 6) is 1.90. The van der Waals surface area contributed by atoms with E-state index in [0.29, 0.717) is 0 Å². The van der Waals surface area contributed by atoms with Gasteiger partial charge in [-0.2, -0.15) is 0 Å². The van der Waals surface area contributed by atoms with Crippen LogP contribution in [0.4, 0.5) is 11.6 Å². The Bertz CT molecular complexity index is 534. The summed E-state index contributed by atoms with van der Waals surface area (Å²) >= 11 is 0. The molecule has 0 unspecified atom stereocenters. The molecule has 110 valence electrons. The molecular formula is C15H25N5. The van der Waals surface area contributed by atoms with E-state index in [9.17, 15) is 0 Å². The summed E-state index contributed by atoms with van der Waals surface area (Å²) in [4.78, 5) is 11.5. The number of anilines is 2. The van der Waals surface area contributed by atoms with Crippen molar-refractivity contribution >= 4 is 17.3 Å². The van der Waals surface area contributed by atoms with Crippen molar-refractivity contribution in [3.63, 3.8) is 0 Å². The Balaban J connectivity index is 2.34. The van der Waals surface area contributed by atoms with Crippen LogP contribution in [0.25, 0.3) is 5.65 Å². The number of aromatic nitrogens is 3. The third-order valence-corrected chi connectivity index (χ3v) is 3.38. The number of rotatable bonds is 8. The summed E-state index contributed by atoms with van der Waals surface area (Å²) in [6.07, 6.45) is 9.27. The Morgan fingerprint density at radius 1 is 1.25 bits per heavy atom. The van der Waals surface area contributed by atoms with Crippen LogP contribution in [0.1, 0.15) is 40.0 Å². The van der Waals surface area contributed by atoms with Crippen molar-refractivity contribution in [1.82, 2.24) is 14.4 Å². The van der Waals surface area contributed by atoms with Gasteiger partial charge in [-0.15, -0.1) is 0 Å². The van der Waals surface area contributed by atoms with E-state index in [0.717, 1.165) is 43.3 Å². The van der Waals surface area contributed by atoms with Crippen LogP contribution in [0.3, 0.4) is 0 Å². The smallest absolute Gasteiger partial charge is 0.180 e. The van der Waals surface area contributed by atoms with Gasteiger partial charge in [0.15, 0.2) is 11.5 Å². The fraction of sp³-hybridized carbons (Fsp3) is 0.600. The molecule has 0 fully saturated rings. The quantitative estimate of drug-likeness (QED) is 0.803. The number of hydrogen-bond acceptors (Lipinski definition) is 4. The molecule has 2 heterocycles. The predicted octanol–water partition coefficient (Wildman–Crippen LogP) is 3.18. The number of unbranched alkanes of at least 4 members (excludes halogenated alkanes) is 1. The van der Waals surface area contributed by atoms with Crippen LogP contribution in [0.15, 0.2) is 18.6 Å². The number of imidazole rings is 1. The molecule has 1 N–H and O–H groups in total. The van der Waals surface area contributed by atoms with Gasteiger partial charge in [0.2, 0.25) is 0 Å². The van der Waals surface area contributed by atoms with Gasteiger partial charge < -0.3 is 14.6 Å². The lowest BCUT2D eigenvalue weighted by Gasteiger charge is -2.22. The molecule has 0 aliphatic carbocycles. The van der Waals surface area contributed by atoms with Gasteiger partial charge in [-0.05, 0) is 19.8 Å². The second-order valence-electron chi connectivity index (χ2n) is 4.97. The van der Waals surface area contributed by atoms with Gasteiger partial charge >= 0.3 is 0 Å². The lowest BCUT2D eigenvalue weighted by atomic mass is 10.3. The molecule has 5 heteroatoms. The molecule has 0 radical (unpaired) electrons. The van der Waals surface area contributed by atoms with E-state index in [1.165, 1.54) is 12.8 Å². The van der Waals surface area contributed by atoms with Crippen molar-refractivity contribution in [2.75, 3.05) is 29.9 Å². The average Bonchev–Trinajstić information content (AvgIpc) is 2.94. The molecular weight excluding hydrogens is 250 g/mol. The van der Waals surface area contributed by atoms with Crippen molar-refractivity contribution in [1.29, 1.82) is 0 Å². The first kappa shape index (κ1) is 14.6. The van der Waals surface area contributed by atoms with Gasteiger partial charge in [0, 0.05) is 32.0 Å². The average molecular weight is 275 g/mol. The number of fused-ring (bicyclic) bond motifs is 1. The van der Waals surface area contributed by atoms with Gasteiger partial charge in [0.05, 0.1) is 6.20 Å². The molecule has 0 aliphatic rings. The van der Waals surface area contributed by atoms with Gasteiger partial charge in [-0.3, -0.25) is 0 Å². The summed E-state index contributed by atoms with van der Waals surface area (Å²) in [6, 6.07) is 0. The van der Waals surface area contributed by atoms with Crippen LogP contribution in [0.5, 0.6) is 0 Å².